The number of likely N-dealkylation sites (tertiary alicyclic amines) is 1. The third-order valence-corrected chi connectivity index (χ3v) is 5.25. The van der Waals surface area contributed by atoms with Crippen LogP contribution in [0.1, 0.15) is 48.9 Å². The van der Waals surface area contributed by atoms with Gasteiger partial charge in [-0.2, -0.15) is 0 Å². The van der Waals surface area contributed by atoms with Crippen molar-refractivity contribution in [2.45, 2.75) is 44.6 Å². The van der Waals surface area contributed by atoms with Crippen molar-refractivity contribution in [2.24, 2.45) is 11.8 Å². The molecule has 3 aliphatic rings. The summed E-state index contributed by atoms with van der Waals surface area (Å²) < 4.78 is 5.94. The fourth-order valence-corrected chi connectivity index (χ4v) is 3.43. The Morgan fingerprint density at radius 3 is 2.76 bits per heavy atom. The lowest BCUT2D eigenvalue weighted by Gasteiger charge is -2.32. The lowest BCUT2D eigenvalue weighted by Crippen LogP contribution is -2.42. The van der Waals surface area contributed by atoms with E-state index in [1.807, 2.05) is 29.2 Å². The molecule has 0 aromatic heterocycles. The van der Waals surface area contributed by atoms with E-state index in [1.54, 1.807) is 0 Å². The van der Waals surface area contributed by atoms with Crippen LogP contribution in [-0.2, 0) is 4.79 Å². The largest absolute Gasteiger partial charge is 0.493 e. The van der Waals surface area contributed by atoms with Crippen molar-refractivity contribution in [3.63, 3.8) is 0 Å². The van der Waals surface area contributed by atoms with Crippen LogP contribution in [0.4, 0.5) is 0 Å². The smallest absolute Gasteiger partial charge is 0.251 e. The Labute approximate surface area is 148 Å². The molecule has 2 amide bonds. The second-order valence-corrected chi connectivity index (χ2v) is 7.65. The van der Waals surface area contributed by atoms with Gasteiger partial charge in [0.25, 0.3) is 5.91 Å². The van der Waals surface area contributed by atoms with Gasteiger partial charge >= 0.3 is 0 Å². The van der Waals surface area contributed by atoms with E-state index < -0.39 is 0 Å². The first-order valence-corrected chi connectivity index (χ1v) is 9.51. The van der Waals surface area contributed by atoms with Crippen LogP contribution in [0.5, 0.6) is 5.75 Å². The number of ether oxygens (including phenoxy) is 1. The van der Waals surface area contributed by atoms with Gasteiger partial charge in [-0.15, -0.1) is 0 Å². The van der Waals surface area contributed by atoms with Crippen LogP contribution in [0.2, 0.25) is 0 Å². The average Bonchev–Trinajstić information content (AvgIpc) is 3.54. The van der Waals surface area contributed by atoms with Crippen molar-refractivity contribution in [3.05, 3.63) is 29.8 Å². The van der Waals surface area contributed by atoms with Crippen molar-refractivity contribution >= 4 is 11.8 Å². The number of benzene rings is 1. The lowest BCUT2D eigenvalue weighted by atomic mass is 9.98. The van der Waals surface area contributed by atoms with Crippen LogP contribution in [0, 0.1) is 11.8 Å². The molecule has 4 rings (SSSR count). The molecule has 3 fully saturated rings. The molecular formula is C20H26N2O3. The molecular weight excluding hydrogens is 316 g/mol. The number of hydrogen-bond acceptors (Lipinski definition) is 3. The zero-order valence-corrected chi connectivity index (χ0v) is 14.6. The second-order valence-electron chi connectivity index (χ2n) is 7.65. The van der Waals surface area contributed by atoms with Crippen molar-refractivity contribution in [1.29, 1.82) is 0 Å². The summed E-state index contributed by atoms with van der Waals surface area (Å²) in [6.45, 7) is 2.29. The highest BCUT2D eigenvalue weighted by Crippen LogP contribution is 2.32. The highest BCUT2D eigenvalue weighted by atomic mass is 16.5. The summed E-state index contributed by atoms with van der Waals surface area (Å²) in [7, 11) is 0. The maximum atomic E-state index is 12.2. The van der Waals surface area contributed by atoms with Crippen LogP contribution in [0.15, 0.2) is 24.3 Å². The molecule has 134 valence electrons. The predicted molar refractivity (Wildman–Crippen MR) is 94.5 cm³/mol. The van der Waals surface area contributed by atoms with E-state index >= 15 is 0 Å². The first kappa shape index (κ1) is 16.4. The molecule has 0 spiro atoms. The fraction of sp³-hybridized carbons (Fsp3) is 0.600. The predicted octanol–water partition coefficient (Wildman–Crippen LogP) is 2.61. The van der Waals surface area contributed by atoms with E-state index in [0.29, 0.717) is 36.0 Å². The normalized spacial score (nSPS) is 23.2. The molecule has 1 aliphatic heterocycles. The van der Waals surface area contributed by atoms with Gasteiger partial charge < -0.3 is 15.0 Å². The number of nitrogens with zero attached hydrogens (tertiary/aromatic N) is 1. The zero-order chi connectivity index (χ0) is 17.2. The summed E-state index contributed by atoms with van der Waals surface area (Å²) in [6, 6.07) is 7.74. The number of carbonyl (C=O) groups is 2. The quantitative estimate of drug-likeness (QED) is 0.864. The molecule has 0 unspecified atom stereocenters. The maximum absolute atomic E-state index is 12.2. The molecule has 1 heterocycles. The van der Waals surface area contributed by atoms with Gasteiger partial charge in [0.1, 0.15) is 5.75 Å². The molecule has 0 radical (unpaired) electrons. The van der Waals surface area contributed by atoms with Crippen molar-refractivity contribution in [1.82, 2.24) is 10.2 Å². The summed E-state index contributed by atoms with van der Waals surface area (Å²) in [5.41, 5.74) is 0.651. The monoisotopic (exact) mass is 342 g/mol. The number of amides is 2. The maximum Gasteiger partial charge on any atom is 0.251 e. The minimum Gasteiger partial charge on any atom is -0.493 e. The number of rotatable bonds is 6. The highest BCUT2D eigenvalue weighted by Gasteiger charge is 2.35. The summed E-state index contributed by atoms with van der Waals surface area (Å²) >= 11 is 0. The van der Waals surface area contributed by atoms with Crippen LogP contribution >= 0.6 is 0 Å². The van der Waals surface area contributed by atoms with E-state index in [9.17, 15) is 9.59 Å². The molecule has 1 N–H and O–H groups in total. The van der Waals surface area contributed by atoms with Gasteiger partial charge in [0.2, 0.25) is 5.91 Å². The van der Waals surface area contributed by atoms with Gasteiger partial charge in [-0.1, -0.05) is 6.07 Å². The standard InChI is InChI=1S/C20H26N2O3/c23-19(21-17-8-9-17)16-4-1-5-18(11-16)25-13-14-3-2-10-22(12-14)20(24)15-6-7-15/h1,4-5,11,14-15,17H,2-3,6-10,12-13H2,(H,21,23)/t14-/m0/s1. The van der Waals surface area contributed by atoms with Crippen LogP contribution in [0.25, 0.3) is 0 Å². The number of hydrogen-bond donors (Lipinski definition) is 1. The van der Waals surface area contributed by atoms with Gasteiger partial charge in [-0.05, 0) is 56.7 Å². The fourth-order valence-electron chi connectivity index (χ4n) is 3.43. The van der Waals surface area contributed by atoms with Gasteiger partial charge in [-0.3, -0.25) is 9.59 Å². The molecule has 1 aromatic rings. The van der Waals surface area contributed by atoms with Crippen LogP contribution in [0.3, 0.4) is 0 Å². The first-order chi connectivity index (χ1) is 12.2. The average molecular weight is 342 g/mol. The molecule has 0 bridgehead atoms. The van der Waals surface area contributed by atoms with Gasteiger partial charge in [0.15, 0.2) is 0 Å². The Bertz CT molecular complexity index is 652. The van der Waals surface area contributed by atoms with E-state index in [-0.39, 0.29) is 5.91 Å². The summed E-state index contributed by atoms with van der Waals surface area (Å²) in [4.78, 5) is 26.4. The molecule has 2 aliphatic carbocycles. The molecule has 1 aromatic carbocycles. The number of carbonyl (C=O) groups excluding carboxylic acids is 2. The van der Waals surface area contributed by atoms with E-state index in [1.165, 1.54) is 0 Å². The van der Waals surface area contributed by atoms with Crippen molar-refractivity contribution in [3.8, 4) is 5.75 Å². The molecule has 1 atom stereocenters. The Hall–Kier alpha value is -2.04. The Morgan fingerprint density at radius 2 is 2.00 bits per heavy atom. The summed E-state index contributed by atoms with van der Waals surface area (Å²) in [5.74, 6) is 1.71. The molecule has 2 saturated carbocycles. The highest BCUT2D eigenvalue weighted by molar-refractivity contribution is 5.94. The molecule has 5 nitrogen and oxygen atoms in total. The van der Waals surface area contributed by atoms with Crippen LogP contribution in [-0.4, -0.2) is 42.5 Å². The second kappa shape index (κ2) is 7.06. The topological polar surface area (TPSA) is 58.6 Å². The van der Waals surface area contributed by atoms with Gasteiger partial charge in [0, 0.05) is 36.5 Å². The number of nitrogens with one attached hydrogen (secondary N) is 1. The first-order valence-electron chi connectivity index (χ1n) is 9.51. The molecule has 5 heteroatoms. The van der Waals surface area contributed by atoms with Crippen molar-refractivity contribution in [2.75, 3.05) is 19.7 Å². The minimum atomic E-state index is -0.0215. The summed E-state index contributed by atoms with van der Waals surface area (Å²) in [5, 5.41) is 3.00. The van der Waals surface area contributed by atoms with Gasteiger partial charge in [0.05, 0.1) is 6.61 Å². The Balaban J connectivity index is 1.29. The zero-order valence-electron chi connectivity index (χ0n) is 14.6. The van der Waals surface area contributed by atoms with E-state index in [0.717, 1.165) is 57.4 Å². The molecule has 25 heavy (non-hydrogen) atoms. The van der Waals surface area contributed by atoms with E-state index in [2.05, 4.69) is 5.32 Å². The Kier molecular flexibility index (Phi) is 4.64. The van der Waals surface area contributed by atoms with Gasteiger partial charge in [-0.25, -0.2) is 0 Å². The van der Waals surface area contributed by atoms with Crippen molar-refractivity contribution < 1.29 is 14.3 Å². The summed E-state index contributed by atoms with van der Waals surface area (Å²) in [6.07, 6.45) is 6.43. The lowest BCUT2D eigenvalue weighted by molar-refractivity contribution is -0.134. The minimum absolute atomic E-state index is 0.0215. The SMILES string of the molecule is O=C(NC1CC1)c1cccc(OC[C@H]2CCCN(C(=O)C3CC3)C2)c1. The number of piperidine rings is 1. The third-order valence-electron chi connectivity index (χ3n) is 5.25. The third kappa shape index (κ3) is 4.33. The van der Waals surface area contributed by atoms with Crippen LogP contribution < -0.4 is 10.1 Å². The molecule has 1 saturated heterocycles. The van der Waals surface area contributed by atoms with E-state index in [4.69, 9.17) is 4.74 Å². The Morgan fingerprint density at radius 1 is 1.16 bits per heavy atom.